The van der Waals surface area contributed by atoms with Crippen LogP contribution < -0.4 is 0 Å². The Balaban J connectivity index is 1.70. The van der Waals surface area contributed by atoms with Crippen molar-refractivity contribution >= 4 is 5.97 Å². The summed E-state index contributed by atoms with van der Waals surface area (Å²) in [4.78, 5) is 11.5. The van der Waals surface area contributed by atoms with Gasteiger partial charge >= 0.3 is 5.97 Å². The van der Waals surface area contributed by atoms with Crippen molar-refractivity contribution in [1.82, 2.24) is 0 Å². The Labute approximate surface area is 138 Å². The van der Waals surface area contributed by atoms with Gasteiger partial charge in [0, 0.05) is 0 Å². The average molecular weight is 308 g/mol. The molecule has 2 aromatic rings. The van der Waals surface area contributed by atoms with Gasteiger partial charge in [-0.25, -0.2) is 4.79 Å². The van der Waals surface area contributed by atoms with Crippen LogP contribution in [0.1, 0.15) is 66.1 Å². The Kier molecular flexibility index (Phi) is 4.01. The fraction of sp³-hybridized carbons (Fsp3) is 0.381. The molecule has 2 atom stereocenters. The van der Waals surface area contributed by atoms with Crippen molar-refractivity contribution in [2.75, 3.05) is 7.11 Å². The molecular weight excluding hydrogens is 284 g/mol. The molecule has 0 radical (unpaired) electrons. The molecule has 0 unspecified atom stereocenters. The number of rotatable bonds is 3. The SMILES string of the molecule is COC(=O)c1ccc([C@@H]2C[C@@H]2c2ccc(C(C)(C)C)cc2)cc1. The van der Waals surface area contributed by atoms with Gasteiger partial charge < -0.3 is 4.74 Å². The first-order valence-corrected chi connectivity index (χ1v) is 8.19. The van der Waals surface area contributed by atoms with Crippen molar-refractivity contribution in [3.05, 3.63) is 70.8 Å². The summed E-state index contributed by atoms with van der Waals surface area (Å²) in [5, 5.41) is 0. The first-order valence-electron chi connectivity index (χ1n) is 8.19. The number of carbonyl (C=O) groups excluding carboxylic acids is 1. The van der Waals surface area contributed by atoms with Crippen LogP contribution in [0.5, 0.6) is 0 Å². The van der Waals surface area contributed by atoms with Crippen LogP contribution in [0.4, 0.5) is 0 Å². The van der Waals surface area contributed by atoms with Gasteiger partial charge in [-0.15, -0.1) is 0 Å². The highest BCUT2D eigenvalue weighted by Gasteiger charge is 2.39. The van der Waals surface area contributed by atoms with E-state index >= 15 is 0 Å². The smallest absolute Gasteiger partial charge is 0.337 e. The highest BCUT2D eigenvalue weighted by atomic mass is 16.5. The summed E-state index contributed by atoms with van der Waals surface area (Å²) in [6, 6.07) is 16.9. The van der Waals surface area contributed by atoms with Gasteiger partial charge in [-0.3, -0.25) is 0 Å². The van der Waals surface area contributed by atoms with E-state index in [9.17, 15) is 4.79 Å². The van der Waals surface area contributed by atoms with Gasteiger partial charge in [0.2, 0.25) is 0 Å². The summed E-state index contributed by atoms with van der Waals surface area (Å²) in [6.07, 6.45) is 1.19. The Morgan fingerprint density at radius 2 is 1.39 bits per heavy atom. The van der Waals surface area contributed by atoms with Crippen LogP contribution in [-0.2, 0) is 10.2 Å². The third-order valence-corrected chi connectivity index (χ3v) is 4.76. The molecule has 2 heteroatoms. The Morgan fingerprint density at radius 1 is 0.913 bits per heavy atom. The van der Waals surface area contributed by atoms with Crippen LogP contribution >= 0.6 is 0 Å². The second-order valence-electron chi connectivity index (χ2n) is 7.43. The minimum absolute atomic E-state index is 0.200. The van der Waals surface area contributed by atoms with Crippen molar-refractivity contribution in [3.8, 4) is 0 Å². The van der Waals surface area contributed by atoms with Crippen LogP contribution in [0.3, 0.4) is 0 Å². The molecule has 1 aliphatic carbocycles. The molecule has 2 aromatic carbocycles. The lowest BCUT2D eigenvalue weighted by atomic mass is 9.86. The van der Waals surface area contributed by atoms with E-state index < -0.39 is 0 Å². The predicted octanol–water partition coefficient (Wildman–Crippen LogP) is 5.04. The van der Waals surface area contributed by atoms with Gasteiger partial charge in [0.05, 0.1) is 12.7 Å². The first-order chi connectivity index (χ1) is 10.9. The maximum absolute atomic E-state index is 11.5. The molecule has 0 aromatic heterocycles. The summed E-state index contributed by atoms with van der Waals surface area (Å²) in [5.74, 6) is 0.900. The van der Waals surface area contributed by atoms with E-state index in [1.54, 1.807) is 0 Å². The van der Waals surface area contributed by atoms with Crippen LogP contribution in [0.15, 0.2) is 48.5 Å². The van der Waals surface area contributed by atoms with Crippen LogP contribution in [-0.4, -0.2) is 13.1 Å². The van der Waals surface area contributed by atoms with Gasteiger partial charge in [-0.2, -0.15) is 0 Å². The zero-order valence-electron chi connectivity index (χ0n) is 14.3. The average Bonchev–Trinajstić information content (AvgIpc) is 3.34. The molecule has 23 heavy (non-hydrogen) atoms. The second-order valence-corrected chi connectivity index (χ2v) is 7.43. The topological polar surface area (TPSA) is 26.3 Å². The molecule has 1 saturated carbocycles. The summed E-state index contributed by atoms with van der Waals surface area (Å²) in [6.45, 7) is 6.72. The van der Waals surface area contributed by atoms with E-state index in [2.05, 4.69) is 57.2 Å². The Bertz CT molecular complexity index is 690. The molecule has 0 bridgehead atoms. The largest absolute Gasteiger partial charge is 0.465 e. The minimum atomic E-state index is -0.276. The maximum Gasteiger partial charge on any atom is 0.337 e. The van der Waals surface area contributed by atoms with Gasteiger partial charge in [-0.1, -0.05) is 57.2 Å². The molecule has 1 aliphatic rings. The zero-order valence-corrected chi connectivity index (χ0v) is 14.3. The van der Waals surface area contributed by atoms with E-state index in [-0.39, 0.29) is 11.4 Å². The molecule has 3 rings (SSSR count). The molecular formula is C21H24O2. The van der Waals surface area contributed by atoms with Gasteiger partial charge in [-0.05, 0) is 52.5 Å². The summed E-state index contributed by atoms with van der Waals surface area (Å²) in [5.41, 5.74) is 4.91. The van der Waals surface area contributed by atoms with E-state index in [1.165, 1.54) is 30.2 Å². The third-order valence-electron chi connectivity index (χ3n) is 4.76. The number of benzene rings is 2. The van der Waals surface area contributed by atoms with Crippen LogP contribution in [0, 0.1) is 0 Å². The highest BCUT2D eigenvalue weighted by molar-refractivity contribution is 5.89. The lowest BCUT2D eigenvalue weighted by molar-refractivity contribution is 0.0600. The van der Waals surface area contributed by atoms with Gasteiger partial charge in [0.15, 0.2) is 0 Å². The quantitative estimate of drug-likeness (QED) is 0.742. The number of hydrogen-bond donors (Lipinski definition) is 0. The van der Waals surface area contributed by atoms with E-state index in [4.69, 9.17) is 4.74 Å². The lowest BCUT2D eigenvalue weighted by Crippen LogP contribution is -2.10. The van der Waals surface area contributed by atoms with Crippen molar-refractivity contribution in [3.63, 3.8) is 0 Å². The summed E-state index contributed by atoms with van der Waals surface area (Å²) < 4.78 is 4.74. The number of carbonyl (C=O) groups is 1. The molecule has 1 fully saturated rings. The molecule has 0 amide bonds. The molecule has 2 nitrogen and oxygen atoms in total. The fourth-order valence-corrected chi connectivity index (χ4v) is 3.15. The van der Waals surface area contributed by atoms with Crippen molar-refractivity contribution in [2.24, 2.45) is 0 Å². The van der Waals surface area contributed by atoms with Crippen molar-refractivity contribution in [2.45, 2.75) is 44.4 Å². The number of methoxy groups -OCH3 is 1. The Morgan fingerprint density at radius 3 is 1.83 bits per heavy atom. The van der Waals surface area contributed by atoms with E-state index in [0.717, 1.165) is 0 Å². The summed E-state index contributed by atoms with van der Waals surface area (Å²) >= 11 is 0. The van der Waals surface area contributed by atoms with Crippen molar-refractivity contribution in [1.29, 1.82) is 0 Å². The molecule has 120 valence electrons. The second kappa shape index (κ2) is 5.84. The number of esters is 1. The molecule has 0 saturated heterocycles. The molecule has 0 heterocycles. The van der Waals surface area contributed by atoms with Gasteiger partial charge in [0.25, 0.3) is 0 Å². The fourth-order valence-electron chi connectivity index (χ4n) is 3.15. The third kappa shape index (κ3) is 3.31. The number of hydrogen-bond acceptors (Lipinski definition) is 2. The molecule has 0 spiro atoms. The highest BCUT2D eigenvalue weighted by Crippen LogP contribution is 2.54. The normalized spacial score (nSPS) is 20.2. The number of ether oxygens (including phenoxy) is 1. The van der Waals surface area contributed by atoms with Crippen molar-refractivity contribution < 1.29 is 9.53 Å². The standard InChI is InChI=1S/C21H24O2/c1-21(2,3)17-11-9-15(10-12-17)19-13-18(19)14-5-7-16(8-6-14)20(22)23-4/h5-12,18-19H,13H2,1-4H3/t18-,19+/m0/s1. The first kappa shape index (κ1) is 15.8. The molecule has 0 aliphatic heterocycles. The van der Waals surface area contributed by atoms with Crippen LogP contribution in [0.25, 0.3) is 0 Å². The Hall–Kier alpha value is -2.09. The lowest BCUT2D eigenvalue weighted by Gasteiger charge is -2.19. The zero-order chi connectivity index (χ0) is 16.6. The van der Waals surface area contributed by atoms with Gasteiger partial charge in [0.1, 0.15) is 0 Å². The molecule has 0 N–H and O–H groups in total. The minimum Gasteiger partial charge on any atom is -0.465 e. The monoisotopic (exact) mass is 308 g/mol. The summed E-state index contributed by atoms with van der Waals surface area (Å²) in [7, 11) is 1.41. The van der Waals surface area contributed by atoms with E-state index in [1.807, 2.05) is 12.1 Å². The predicted molar refractivity (Wildman–Crippen MR) is 93.0 cm³/mol. The van der Waals surface area contributed by atoms with E-state index in [0.29, 0.717) is 17.4 Å². The van der Waals surface area contributed by atoms with Crippen LogP contribution in [0.2, 0.25) is 0 Å². The maximum atomic E-state index is 11.5.